The van der Waals surface area contributed by atoms with Gasteiger partial charge in [-0.25, -0.2) is 20.2 Å². The molecule has 0 aliphatic heterocycles. The molecule has 12 heteroatoms. The summed E-state index contributed by atoms with van der Waals surface area (Å²) >= 11 is 0. The number of rotatable bonds is 7. The number of nitrogens with two attached hydrogens (primary N) is 2. The predicted octanol–water partition coefficient (Wildman–Crippen LogP) is 0.207. The molecule has 0 aliphatic carbocycles. The molecule has 7 N–H and O–H groups in total. The van der Waals surface area contributed by atoms with Crippen LogP contribution in [0.1, 0.15) is 32.1 Å². The number of benzene rings is 1. The molecule has 0 bridgehead atoms. The van der Waals surface area contributed by atoms with Crippen molar-refractivity contribution in [3.8, 4) is 0 Å². The Morgan fingerprint density at radius 1 is 1.17 bits per heavy atom. The number of anilines is 1. The van der Waals surface area contributed by atoms with Gasteiger partial charge in [0.25, 0.3) is 17.6 Å². The maximum absolute atomic E-state index is 13.4. The average molecular weight is 421 g/mol. The summed E-state index contributed by atoms with van der Waals surface area (Å²) in [6.45, 7) is 2.85. The molecular weight excluding hydrogens is 400 g/mol. The summed E-state index contributed by atoms with van der Waals surface area (Å²) in [5.41, 5.74) is 8.20. The molecule has 0 radical (unpaired) electrons. The second kappa shape index (κ2) is 9.13. The van der Waals surface area contributed by atoms with Gasteiger partial charge in [-0.3, -0.25) is 14.4 Å². The maximum Gasteiger partial charge on any atom is 0.292 e. The molecule has 2 aromatic rings. The minimum atomic E-state index is -1.12. The van der Waals surface area contributed by atoms with Gasteiger partial charge in [0.1, 0.15) is 11.5 Å². The highest BCUT2D eigenvalue weighted by molar-refractivity contribution is 6.44. The van der Waals surface area contributed by atoms with E-state index in [-0.39, 0.29) is 34.9 Å². The van der Waals surface area contributed by atoms with Crippen molar-refractivity contribution in [3.63, 3.8) is 0 Å². The van der Waals surface area contributed by atoms with E-state index in [4.69, 9.17) is 11.6 Å². The molecule has 160 valence electrons. The van der Waals surface area contributed by atoms with E-state index in [9.17, 15) is 23.2 Å². The van der Waals surface area contributed by atoms with Crippen LogP contribution in [-0.4, -0.2) is 34.5 Å². The topological polar surface area (TPSA) is 157 Å². The van der Waals surface area contributed by atoms with Crippen molar-refractivity contribution in [2.24, 2.45) is 23.7 Å². The number of nitrogens with one attached hydrogen (secondary N) is 3. The van der Waals surface area contributed by atoms with Gasteiger partial charge in [0, 0.05) is 24.5 Å². The summed E-state index contributed by atoms with van der Waals surface area (Å²) in [4.78, 5) is 37.5. The Kier molecular flexibility index (Phi) is 6.85. The molecular formula is C18H21F2N7O3. The summed E-state index contributed by atoms with van der Waals surface area (Å²) in [7, 11) is 1.54. The van der Waals surface area contributed by atoms with Gasteiger partial charge in [-0.15, -0.1) is 0 Å². The number of hydrogen-bond acceptors (Lipinski definition) is 6. The van der Waals surface area contributed by atoms with E-state index in [1.807, 2.05) is 5.53 Å². The zero-order valence-corrected chi connectivity index (χ0v) is 16.5. The van der Waals surface area contributed by atoms with Crippen molar-refractivity contribution >= 4 is 29.1 Å². The molecule has 0 unspecified atom stereocenters. The molecule has 0 aliphatic rings. The van der Waals surface area contributed by atoms with Gasteiger partial charge in [-0.05, 0) is 31.5 Å². The number of hydrazine groups is 1. The van der Waals surface area contributed by atoms with Gasteiger partial charge in [0.15, 0.2) is 11.6 Å². The summed E-state index contributed by atoms with van der Waals surface area (Å²) in [6, 6.07) is 2.91. The number of nitrogens with zero attached hydrogens (tertiary/aromatic N) is 2. The molecule has 0 saturated heterocycles. The van der Waals surface area contributed by atoms with Crippen LogP contribution in [0.15, 0.2) is 23.3 Å². The molecule has 0 spiro atoms. The first-order valence-electron chi connectivity index (χ1n) is 8.60. The normalized spacial score (nSPS) is 11.2. The van der Waals surface area contributed by atoms with E-state index in [0.29, 0.717) is 5.69 Å². The molecule has 10 nitrogen and oxygen atoms in total. The predicted molar refractivity (Wildman–Crippen MR) is 105 cm³/mol. The highest BCUT2D eigenvalue weighted by atomic mass is 19.2. The second-order valence-corrected chi connectivity index (χ2v) is 6.32. The average Bonchev–Trinajstić information content (AvgIpc) is 2.91. The van der Waals surface area contributed by atoms with Crippen LogP contribution in [0.4, 0.5) is 14.5 Å². The van der Waals surface area contributed by atoms with Crippen LogP contribution in [0, 0.1) is 25.5 Å². The number of amides is 2. The highest BCUT2D eigenvalue weighted by Gasteiger charge is 2.28. The van der Waals surface area contributed by atoms with Crippen LogP contribution in [-0.2, 0) is 11.8 Å². The Bertz CT molecular complexity index is 1050. The molecule has 0 atom stereocenters. The highest BCUT2D eigenvalue weighted by Crippen LogP contribution is 2.23. The van der Waals surface area contributed by atoms with Gasteiger partial charge < -0.3 is 20.9 Å². The summed E-state index contributed by atoms with van der Waals surface area (Å²) in [5, 5.41) is 8.19. The Morgan fingerprint density at radius 3 is 2.43 bits per heavy atom. The van der Waals surface area contributed by atoms with Crippen molar-refractivity contribution in [3.05, 3.63) is 52.3 Å². The summed E-state index contributed by atoms with van der Waals surface area (Å²) < 4.78 is 27.9. The molecule has 1 heterocycles. The Morgan fingerprint density at radius 2 is 1.83 bits per heavy atom. The lowest BCUT2D eigenvalue weighted by Gasteiger charge is -2.08. The third-order valence-corrected chi connectivity index (χ3v) is 4.39. The number of halogens is 2. The quantitative estimate of drug-likeness (QED) is 0.107. The standard InChI is InChI=1S/C18H21F2N7O3/c1-8-14(16(28)18(30)23-7-13(21)25-26-22)9(2)27(3)15(8)17(29)24-10-4-5-11(19)12(20)6-10/h4-6,26H,7,22H2,1-3H3,(H2,21,25)(H,23,30)(H,24,29). The van der Waals surface area contributed by atoms with Crippen molar-refractivity contribution in [2.45, 2.75) is 13.8 Å². The SMILES string of the molecule is Cc1c(C(=O)C(=O)NC/C(N)=N/NN)c(C)n(C)c1C(=O)Nc1ccc(F)c(F)c1. The third kappa shape index (κ3) is 4.60. The fourth-order valence-corrected chi connectivity index (χ4v) is 2.89. The van der Waals surface area contributed by atoms with E-state index in [2.05, 4.69) is 15.7 Å². The molecule has 2 rings (SSSR count). The fourth-order valence-electron chi connectivity index (χ4n) is 2.89. The van der Waals surface area contributed by atoms with Gasteiger partial charge in [-0.1, -0.05) is 0 Å². The van der Waals surface area contributed by atoms with Crippen LogP contribution in [0.3, 0.4) is 0 Å². The molecule has 0 saturated carbocycles. The lowest BCUT2D eigenvalue weighted by molar-refractivity contribution is -0.116. The number of aromatic nitrogens is 1. The fraction of sp³-hybridized carbons (Fsp3) is 0.222. The smallest absolute Gasteiger partial charge is 0.292 e. The second-order valence-electron chi connectivity index (χ2n) is 6.32. The number of hydrazone groups is 1. The first-order valence-corrected chi connectivity index (χ1v) is 8.60. The van der Waals surface area contributed by atoms with Gasteiger partial charge in [-0.2, -0.15) is 5.10 Å². The number of amidine groups is 1. The summed E-state index contributed by atoms with van der Waals surface area (Å²) in [5.74, 6) is 0.268. The van der Waals surface area contributed by atoms with E-state index >= 15 is 0 Å². The van der Waals surface area contributed by atoms with Crippen molar-refractivity contribution in [1.29, 1.82) is 0 Å². The first-order chi connectivity index (χ1) is 14.1. The number of carbonyl (C=O) groups excluding carboxylic acids is 3. The van der Waals surface area contributed by atoms with Crippen LogP contribution in [0.5, 0.6) is 0 Å². The Hall–Kier alpha value is -3.80. The lowest BCUT2D eigenvalue weighted by Crippen LogP contribution is -2.39. The Balaban J connectivity index is 2.28. The van der Waals surface area contributed by atoms with Crippen LogP contribution in [0.2, 0.25) is 0 Å². The number of hydrogen-bond donors (Lipinski definition) is 5. The molecule has 0 fully saturated rings. The monoisotopic (exact) mass is 421 g/mol. The van der Waals surface area contributed by atoms with Crippen LogP contribution >= 0.6 is 0 Å². The lowest BCUT2D eigenvalue weighted by atomic mass is 10.0. The van der Waals surface area contributed by atoms with Crippen molar-refractivity contribution < 1.29 is 23.2 Å². The number of ketones is 1. The van der Waals surface area contributed by atoms with Crippen molar-refractivity contribution in [2.75, 3.05) is 11.9 Å². The molecule has 30 heavy (non-hydrogen) atoms. The minimum absolute atomic E-state index is 0.0334. The largest absolute Gasteiger partial charge is 0.384 e. The molecule has 1 aromatic carbocycles. The van der Waals surface area contributed by atoms with E-state index in [1.54, 1.807) is 6.92 Å². The van der Waals surface area contributed by atoms with E-state index in [0.717, 1.165) is 12.1 Å². The van der Waals surface area contributed by atoms with Gasteiger partial charge in [0.05, 0.1) is 12.1 Å². The van der Waals surface area contributed by atoms with Gasteiger partial charge in [0.2, 0.25) is 0 Å². The molecule has 1 aromatic heterocycles. The minimum Gasteiger partial charge on any atom is -0.384 e. The van der Waals surface area contributed by atoms with Gasteiger partial charge >= 0.3 is 0 Å². The Labute approximate surface area is 170 Å². The zero-order valence-electron chi connectivity index (χ0n) is 16.5. The molecule has 2 amide bonds. The van der Waals surface area contributed by atoms with Crippen LogP contribution in [0.25, 0.3) is 0 Å². The maximum atomic E-state index is 13.4. The zero-order chi connectivity index (χ0) is 22.6. The number of Topliss-reactive ketones (excluding diaryl/α,β-unsaturated/α-hetero) is 1. The van der Waals surface area contributed by atoms with E-state index in [1.165, 1.54) is 24.6 Å². The van der Waals surface area contributed by atoms with Crippen LogP contribution < -0.4 is 27.7 Å². The van der Waals surface area contributed by atoms with Crippen molar-refractivity contribution in [1.82, 2.24) is 15.4 Å². The van der Waals surface area contributed by atoms with E-state index < -0.39 is 29.2 Å². The first kappa shape index (κ1) is 22.5. The summed E-state index contributed by atoms with van der Waals surface area (Å²) in [6.07, 6.45) is 0. The third-order valence-electron chi connectivity index (χ3n) is 4.39. The number of carbonyl (C=O) groups is 3.